The molecule has 0 bridgehead atoms. The van der Waals surface area contributed by atoms with Crippen molar-refractivity contribution in [2.24, 2.45) is 0 Å². The summed E-state index contributed by atoms with van der Waals surface area (Å²) in [5, 5.41) is 3.28. The highest BCUT2D eigenvalue weighted by Crippen LogP contribution is 2.15. The molecule has 3 heteroatoms. The lowest BCUT2D eigenvalue weighted by atomic mass is 10.1. The summed E-state index contributed by atoms with van der Waals surface area (Å²) in [6.07, 6.45) is 5.02. The van der Waals surface area contributed by atoms with E-state index in [2.05, 4.69) is 59.2 Å². The highest BCUT2D eigenvalue weighted by atomic mass is 15.1. The SMILES string of the molecule is CCNCc1cn(-c2ccccc2CC)cn1. The normalized spacial score (nSPS) is 10.7. The van der Waals surface area contributed by atoms with Crippen LogP contribution in [0.1, 0.15) is 25.1 Å². The molecule has 0 saturated heterocycles. The van der Waals surface area contributed by atoms with Gasteiger partial charge >= 0.3 is 0 Å². The van der Waals surface area contributed by atoms with Gasteiger partial charge in [-0.15, -0.1) is 0 Å². The molecule has 0 unspecified atom stereocenters. The molecule has 1 heterocycles. The van der Waals surface area contributed by atoms with Crippen molar-refractivity contribution in [3.63, 3.8) is 0 Å². The predicted molar refractivity (Wildman–Crippen MR) is 70.3 cm³/mol. The van der Waals surface area contributed by atoms with E-state index in [4.69, 9.17) is 0 Å². The average Bonchev–Trinajstić information content (AvgIpc) is 2.85. The second kappa shape index (κ2) is 5.64. The Morgan fingerprint density at radius 2 is 2.06 bits per heavy atom. The molecule has 0 atom stereocenters. The first-order chi connectivity index (χ1) is 8.35. The molecule has 90 valence electrons. The maximum atomic E-state index is 4.41. The van der Waals surface area contributed by atoms with Crippen LogP contribution in [0.2, 0.25) is 0 Å². The van der Waals surface area contributed by atoms with Gasteiger partial charge in [0, 0.05) is 18.4 Å². The van der Waals surface area contributed by atoms with Gasteiger partial charge in [0.2, 0.25) is 0 Å². The van der Waals surface area contributed by atoms with Crippen LogP contribution in [0.5, 0.6) is 0 Å². The Labute approximate surface area is 103 Å². The summed E-state index contributed by atoms with van der Waals surface area (Å²) in [5.41, 5.74) is 3.66. The van der Waals surface area contributed by atoms with Crippen LogP contribution in [0.25, 0.3) is 5.69 Å². The largest absolute Gasteiger partial charge is 0.311 e. The summed E-state index contributed by atoms with van der Waals surface area (Å²) < 4.78 is 2.10. The molecule has 2 aromatic rings. The molecule has 0 aliphatic carbocycles. The van der Waals surface area contributed by atoms with Crippen molar-refractivity contribution in [2.45, 2.75) is 26.8 Å². The van der Waals surface area contributed by atoms with Crippen LogP contribution in [-0.2, 0) is 13.0 Å². The molecule has 1 N–H and O–H groups in total. The number of imidazole rings is 1. The van der Waals surface area contributed by atoms with Crippen LogP contribution < -0.4 is 5.32 Å². The lowest BCUT2D eigenvalue weighted by Crippen LogP contribution is -2.11. The number of aromatic nitrogens is 2. The number of aryl methyl sites for hydroxylation is 1. The number of nitrogens with one attached hydrogen (secondary N) is 1. The fraction of sp³-hybridized carbons (Fsp3) is 0.357. The Hall–Kier alpha value is -1.61. The highest BCUT2D eigenvalue weighted by molar-refractivity contribution is 5.41. The van der Waals surface area contributed by atoms with E-state index >= 15 is 0 Å². The summed E-state index contributed by atoms with van der Waals surface area (Å²) >= 11 is 0. The molecule has 0 amide bonds. The maximum absolute atomic E-state index is 4.41. The van der Waals surface area contributed by atoms with E-state index in [0.29, 0.717) is 0 Å². The number of hydrogen-bond donors (Lipinski definition) is 1. The van der Waals surface area contributed by atoms with E-state index in [9.17, 15) is 0 Å². The Morgan fingerprint density at radius 1 is 1.24 bits per heavy atom. The van der Waals surface area contributed by atoms with Crippen LogP contribution >= 0.6 is 0 Å². The monoisotopic (exact) mass is 229 g/mol. The van der Waals surface area contributed by atoms with Gasteiger partial charge in [0.05, 0.1) is 12.0 Å². The lowest BCUT2D eigenvalue weighted by Gasteiger charge is -2.07. The van der Waals surface area contributed by atoms with Crippen LogP contribution in [-0.4, -0.2) is 16.1 Å². The van der Waals surface area contributed by atoms with Crippen LogP contribution in [0.3, 0.4) is 0 Å². The number of nitrogens with zero attached hydrogens (tertiary/aromatic N) is 2. The van der Waals surface area contributed by atoms with E-state index in [-0.39, 0.29) is 0 Å². The van der Waals surface area contributed by atoms with Gasteiger partial charge in [0.1, 0.15) is 0 Å². The highest BCUT2D eigenvalue weighted by Gasteiger charge is 2.03. The Bertz CT molecular complexity index is 474. The second-order valence-corrected chi connectivity index (χ2v) is 4.03. The molecule has 0 aliphatic rings. The second-order valence-electron chi connectivity index (χ2n) is 4.03. The topological polar surface area (TPSA) is 29.9 Å². The number of rotatable bonds is 5. The van der Waals surface area contributed by atoms with E-state index < -0.39 is 0 Å². The Morgan fingerprint density at radius 3 is 2.82 bits per heavy atom. The van der Waals surface area contributed by atoms with Gasteiger partial charge in [0.25, 0.3) is 0 Å². The van der Waals surface area contributed by atoms with E-state index in [1.165, 1.54) is 11.3 Å². The summed E-state index contributed by atoms with van der Waals surface area (Å²) in [6.45, 7) is 6.08. The summed E-state index contributed by atoms with van der Waals surface area (Å²) in [7, 11) is 0. The Kier molecular flexibility index (Phi) is 3.94. The fourth-order valence-corrected chi connectivity index (χ4v) is 1.90. The molecule has 3 nitrogen and oxygen atoms in total. The zero-order chi connectivity index (χ0) is 12.1. The van der Waals surface area contributed by atoms with E-state index in [1.807, 2.05) is 6.33 Å². The molecule has 17 heavy (non-hydrogen) atoms. The first-order valence-corrected chi connectivity index (χ1v) is 6.17. The minimum Gasteiger partial charge on any atom is -0.311 e. The van der Waals surface area contributed by atoms with E-state index in [1.54, 1.807) is 0 Å². The van der Waals surface area contributed by atoms with Crippen LogP contribution in [0, 0.1) is 0 Å². The quantitative estimate of drug-likeness (QED) is 0.854. The van der Waals surface area contributed by atoms with Gasteiger partial charge in [-0.3, -0.25) is 0 Å². The number of benzene rings is 1. The van der Waals surface area contributed by atoms with Gasteiger partial charge < -0.3 is 9.88 Å². The standard InChI is InChI=1S/C14H19N3/c1-3-12-7-5-6-8-14(12)17-10-13(16-11-17)9-15-4-2/h5-8,10-11,15H,3-4,9H2,1-2H3. The van der Waals surface area contributed by atoms with Crippen LogP contribution in [0.4, 0.5) is 0 Å². The van der Waals surface area contributed by atoms with Crippen molar-refractivity contribution < 1.29 is 0 Å². The van der Waals surface area contributed by atoms with Crippen LogP contribution in [0.15, 0.2) is 36.8 Å². The molecular weight excluding hydrogens is 210 g/mol. The Balaban J connectivity index is 2.24. The van der Waals surface area contributed by atoms with Gasteiger partial charge in [-0.25, -0.2) is 4.98 Å². The predicted octanol–water partition coefficient (Wildman–Crippen LogP) is 2.54. The smallest absolute Gasteiger partial charge is 0.0995 e. The molecule has 0 radical (unpaired) electrons. The van der Waals surface area contributed by atoms with Crippen molar-refractivity contribution >= 4 is 0 Å². The fourth-order valence-electron chi connectivity index (χ4n) is 1.90. The maximum Gasteiger partial charge on any atom is 0.0995 e. The zero-order valence-electron chi connectivity index (χ0n) is 10.5. The van der Waals surface area contributed by atoms with Crippen molar-refractivity contribution in [3.05, 3.63) is 48.0 Å². The molecular formula is C14H19N3. The molecule has 0 fully saturated rings. The third kappa shape index (κ3) is 2.74. The lowest BCUT2D eigenvalue weighted by molar-refractivity contribution is 0.713. The van der Waals surface area contributed by atoms with Gasteiger partial charge in [-0.1, -0.05) is 32.0 Å². The summed E-state index contributed by atoms with van der Waals surface area (Å²) in [6, 6.07) is 8.45. The van der Waals surface area contributed by atoms with Crippen molar-refractivity contribution in [2.75, 3.05) is 6.54 Å². The first kappa shape index (κ1) is 11.9. The minimum absolute atomic E-state index is 0.831. The zero-order valence-corrected chi connectivity index (χ0v) is 10.5. The summed E-state index contributed by atoms with van der Waals surface area (Å²) in [4.78, 5) is 4.41. The number of hydrogen-bond acceptors (Lipinski definition) is 2. The molecule has 0 aliphatic heterocycles. The molecule has 0 spiro atoms. The third-order valence-electron chi connectivity index (χ3n) is 2.84. The average molecular weight is 229 g/mol. The molecule has 0 saturated carbocycles. The van der Waals surface area contributed by atoms with Crippen molar-refractivity contribution in [3.8, 4) is 5.69 Å². The van der Waals surface area contributed by atoms with Gasteiger partial charge in [-0.05, 0) is 24.6 Å². The van der Waals surface area contributed by atoms with E-state index in [0.717, 1.165) is 25.2 Å². The van der Waals surface area contributed by atoms with Gasteiger partial charge in [-0.2, -0.15) is 0 Å². The molecule has 1 aromatic carbocycles. The van der Waals surface area contributed by atoms with Crippen molar-refractivity contribution in [1.29, 1.82) is 0 Å². The summed E-state index contributed by atoms with van der Waals surface area (Å²) in [5.74, 6) is 0. The molecule has 1 aromatic heterocycles. The third-order valence-corrected chi connectivity index (χ3v) is 2.84. The minimum atomic E-state index is 0.831. The first-order valence-electron chi connectivity index (χ1n) is 6.17. The number of para-hydroxylation sites is 1. The van der Waals surface area contributed by atoms with Crippen molar-refractivity contribution in [1.82, 2.24) is 14.9 Å². The van der Waals surface area contributed by atoms with Gasteiger partial charge in [0.15, 0.2) is 0 Å². The molecule has 2 rings (SSSR count).